The van der Waals surface area contributed by atoms with Gasteiger partial charge in [0.05, 0.1) is 12.1 Å². The van der Waals surface area contributed by atoms with Gasteiger partial charge in [-0.2, -0.15) is 0 Å². The lowest BCUT2D eigenvalue weighted by atomic mass is 9.80. The molecule has 7 heteroatoms. The topological polar surface area (TPSA) is 88.1 Å². The maximum atomic E-state index is 13.0. The highest BCUT2D eigenvalue weighted by atomic mass is 16.2. The van der Waals surface area contributed by atoms with Crippen LogP contribution in [0.4, 0.5) is 11.5 Å². The van der Waals surface area contributed by atoms with Crippen LogP contribution >= 0.6 is 0 Å². The van der Waals surface area contributed by atoms with Crippen LogP contribution in [0.3, 0.4) is 0 Å². The second kappa shape index (κ2) is 7.91. The van der Waals surface area contributed by atoms with Gasteiger partial charge in [-0.05, 0) is 60.1 Å². The van der Waals surface area contributed by atoms with Gasteiger partial charge in [0.15, 0.2) is 5.82 Å². The Morgan fingerprint density at radius 3 is 2.84 bits per heavy atom. The molecule has 0 spiro atoms. The van der Waals surface area contributed by atoms with Crippen LogP contribution in [0.15, 0.2) is 49.2 Å². The Labute approximate surface area is 180 Å². The lowest BCUT2D eigenvalue weighted by Gasteiger charge is -2.28. The number of nitrogens with one attached hydrogen (secondary N) is 1. The van der Waals surface area contributed by atoms with Crippen molar-refractivity contribution in [1.82, 2.24) is 15.0 Å². The minimum atomic E-state index is -0.264. The lowest BCUT2D eigenvalue weighted by molar-refractivity contribution is -0.119. The molecule has 0 saturated carbocycles. The molecule has 0 fully saturated rings. The van der Waals surface area contributed by atoms with E-state index in [1.165, 1.54) is 11.1 Å². The van der Waals surface area contributed by atoms with Crippen molar-refractivity contribution in [2.45, 2.75) is 38.0 Å². The summed E-state index contributed by atoms with van der Waals surface area (Å²) < 4.78 is 0. The van der Waals surface area contributed by atoms with Crippen molar-refractivity contribution >= 4 is 23.3 Å². The third-order valence-electron chi connectivity index (χ3n) is 6.25. The number of anilines is 2. The Hall–Kier alpha value is -3.61. The molecule has 1 aromatic carbocycles. The molecule has 156 valence electrons. The van der Waals surface area contributed by atoms with Gasteiger partial charge < -0.3 is 10.2 Å². The molecule has 3 aromatic rings. The minimum absolute atomic E-state index is 0.0778. The molecule has 1 atom stereocenters. The van der Waals surface area contributed by atoms with Gasteiger partial charge in [-0.25, -0.2) is 4.98 Å². The molecule has 2 aromatic heterocycles. The normalized spacial score (nSPS) is 17.6. The molecule has 1 aliphatic carbocycles. The molecule has 3 heterocycles. The van der Waals surface area contributed by atoms with Gasteiger partial charge in [-0.15, -0.1) is 0 Å². The first-order valence-corrected chi connectivity index (χ1v) is 10.6. The third-order valence-corrected chi connectivity index (χ3v) is 6.25. The van der Waals surface area contributed by atoms with Crippen LogP contribution in [0, 0.1) is 0 Å². The zero-order chi connectivity index (χ0) is 21.4. The van der Waals surface area contributed by atoms with E-state index >= 15 is 0 Å². The van der Waals surface area contributed by atoms with E-state index in [1.807, 2.05) is 25.5 Å². The monoisotopic (exact) mass is 413 g/mol. The first kappa shape index (κ1) is 19.4. The number of carbonyl (C=O) groups is 2. The predicted octanol–water partition coefficient (Wildman–Crippen LogP) is 3.51. The number of nitrogens with zero attached hydrogens (tertiary/aromatic N) is 4. The van der Waals surface area contributed by atoms with Crippen LogP contribution in [0.1, 0.15) is 41.9 Å². The zero-order valence-corrected chi connectivity index (χ0v) is 17.3. The Bertz CT molecular complexity index is 1160. The van der Waals surface area contributed by atoms with E-state index in [0.29, 0.717) is 12.2 Å². The predicted molar refractivity (Wildman–Crippen MR) is 118 cm³/mol. The summed E-state index contributed by atoms with van der Waals surface area (Å²) in [6.45, 7) is 0. The minimum Gasteiger partial charge on any atom is -0.315 e. The van der Waals surface area contributed by atoms with Crippen LogP contribution in [0.2, 0.25) is 0 Å². The summed E-state index contributed by atoms with van der Waals surface area (Å²) in [7, 11) is 1.83. The number of amides is 2. The molecular formula is C24H23N5O2. The number of benzene rings is 1. The lowest BCUT2D eigenvalue weighted by Crippen LogP contribution is -2.31. The van der Waals surface area contributed by atoms with Crippen molar-refractivity contribution in [3.05, 3.63) is 65.9 Å². The smallest absolute Gasteiger partial charge is 0.233 e. The van der Waals surface area contributed by atoms with Crippen molar-refractivity contribution in [2.24, 2.45) is 0 Å². The molecule has 0 radical (unpaired) electrons. The number of hydrogen-bond acceptors (Lipinski definition) is 5. The largest absolute Gasteiger partial charge is 0.315 e. The zero-order valence-electron chi connectivity index (χ0n) is 17.3. The Morgan fingerprint density at radius 2 is 2.00 bits per heavy atom. The molecule has 2 aliphatic rings. The molecular weight excluding hydrogens is 390 g/mol. The summed E-state index contributed by atoms with van der Waals surface area (Å²) in [6.07, 6.45) is 12.3. The Balaban J connectivity index is 1.49. The average Bonchev–Trinajstić information content (AvgIpc) is 2.81. The van der Waals surface area contributed by atoms with Crippen LogP contribution in [-0.2, 0) is 22.4 Å². The van der Waals surface area contributed by atoms with E-state index in [0.717, 1.165) is 48.1 Å². The SMILES string of the molecule is CN1C(=O)CCc2cc(-c3cncc4c3CCC[C@H]4C(=O)Nc3cnccn3)ccc21. The fourth-order valence-corrected chi connectivity index (χ4v) is 4.64. The standard InChI is InChI=1S/C24H23N5O2/c1-29-21-7-5-15(11-16(21)6-8-23(29)30)19-12-26-13-20-17(19)3-2-4-18(20)24(31)28-22-14-25-9-10-27-22/h5,7,9-14,18H,2-4,6,8H2,1H3,(H,27,28,31)/t18-/m1/s1. The molecule has 5 rings (SSSR count). The summed E-state index contributed by atoms with van der Waals surface area (Å²) in [5.74, 6) is 0.263. The first-order chi connectivity index (χ1) is 15.1. The molecule has 31 heavy (non-hydrogen) atoms. The Morgan fingerprint density at radius 1 is 1.10 bits per heavy atom. The highest BCUT2D eigenvalue weighted by Crippen LogP contribution is 2.39. The number of rotatable bonds is 3. The molecule has 0 bridgehead atoms. The maximum Gasteiger partial charge on any atom is 0.233 e. The van der Waals surface area contributed by atoms with Gasteiger partial charge in [-0.3, -0.25) is 19.6 Å². The number of carbonyl (C=O) groups excluding carboxylic acids is 2. The third kappa shape index (κ3) is 3.56. The Kier molecular flexibility index (Phi) is 4.94. The van der Waals surface area contributed by atoms with Crippen LogP contribution < -0.4 is 10.2 Å². The van der Waals surface area contributed by atoms with Gasteiger partial charge in [0, 0.05) is 49.5 Å². The van der Waals surface area contributed by atoms with Crippen molar-refractivity contribution < 1.29 is 9.59 Å². The number of fused-ring (bicyclic) bond motifs is 2. The number of hydrogen-bond donors (Lipinski definition) is 1. The number of aromatic nitrogens is 3. The van der Waals surface area contributed by atoms with Gasteiger partial charge in [0.1, 0.15) is 0 Å². The van der Waals surface area contributed by atoms with Crippen molar-refractivity contribution in [3.8, 4) is 11.1 Å². The van der Waals surface area contributed by atoms with Gasteiger partial charge >= 0.3 is 0 Å². The van der Waals surface area contributed by atoms with Gasteiger partial charge in [-0.1, -0.05) is 6.07 Å². The maximum absolute atomic E-state index is 13.0. The quantitative estimate of drug-likeness (QED) is 0.710. The molecule has 2 amide bonds. The van der Waals surface area contributed by atoms with E-state index in [4.69, 9.17) is 0 Å². The van der Waals surface area contributed by atoms with Crippen molar-refractivity contribution in [1.29, 1.82) is 0 Å². The summed E-state index contributed by atoms with van der Waals surface area (Å²) in [4.78, 5) is 39.4. The van der Waals surface area contributed by atoms with Crippen LogP contribution in [0.5, 0.6) is 0 Å². The highest BCUT2D eigenvalue weighted by Gasteiger charge is 2.29. The molecule has 0 saturated heterocycles. The molecule has 1 N–H and O–H groups in total. The van der Waals surface area contributed by atoms with Crippen molar-refractivity contribution in [3.63, 3.8) is 0 Å². The summed E-state index contributed by atoms with van der Waals surface area (Å²) in [6, 6.07) is 6.23. The van der Waals surface area contributed by atoms with E-state index in [9.17, 15) is 9.59 Å². The van der Waals surface area contributed by atoms with E-state index in [2.05, 4.69) is 32.4 Å². The molecule has 1 aliphatic heterocycles. The van der Waals surface area contributed by atoms with Crippen molar-refractivity contribution in [2.75, 3.05) is 17.3 Å². The second-order valence-corrected chi connectivity index (χ2v) is 8.08. The summed E-state index contributed by atoms with van der Waals surface area (Å²) >= 11 is 0. The average molecular weight is 413 g/mol. The number of aryl methyl sites for hydroxylation is 1. The van der Waals surface area contributed by atoms with Gasteiger partial charge in [0.25, 0.3) is 0 Å². The van der Waals surface area contributed by atoms with Crippen LogP contribution in [0.25, 0.3) is 11.1 Å². The fraction of sp³-hybridized carbons (Fsp3) is 0.292. The fourth-order valence-electron chi connectivity index (χ4n) is 4.64. The van der Waals surface area contributed by atoms with E-state index in [1.54, 1.807) is 23.5 Å². The van der Waals surface area contributed by atoms with E-state index in [-0.39, 0.29) is 17.7 Å². The highest BCUT2D eigenvalue weighted by molar-refractivity contribution is 5.97. The van der Waals surface area contributed by atoms with E-state index < -0.39 is 0 Å². The summed E-state index contributed by atoms with van der Waals surface area (Å²) in [5.41, 5.74) is 6.46. The molecule has 0 unspecified atom stereocenters. The van der Waals surface area contributed by atoms with Crippen LogP contribution in [-0.4, -0.2) is 33.8 Å². The molecule has 7 nitrogen and oxygen atoms in total. The summed E-state index contributed by atoms with van der Waals surface area (Å²) in [5, 5.41) is 2.88. The second-order valence-electron chi connectivity index (χ2n) is 8.08. The number of pyridine rings is 1. The first-order valence-electron chi connectivity index (χ1n) is 10.6. The van der Waals surface area contributed by atoms with Gasteiger partial charge in [0.2, 0.25) is 11.8 Å².